The Balaban J connectivity index is 0.000000149. The molecule has 7 aromatic heterocycles. The predicted molar refractivity (Wildman–Crippen MR) is 447 cm³/mol. The van der Waals surface area contributed by atoms with Crippen LogP contribution in [0.3, 0.4) is 0 Å². The van der Waals surface area contributed by atoms with Crippen molar-refractivity contribution in [2.75, 3.05) is 36.1 Å². The van der Waals surface area contributed by atoms with E-state index in [-0.39, 0.29) is 98.2 Å². The second-order valence-corrected chi connectivity index (χ2v) is 25.2. The molecule has 0 aliphatic rings. The minimum absolute atomic E-state index is 0.0116. The molecule has 16 aromatic rings. The Morgan fingerprint density at radius 3 is 1.34 bits per heavy atom. The second kappa shape index (κ2) is 38.1. The average molecular weight is 1600 g/mol. The van der Waals surface area contributed by atoms with Crippen LogP contribution in [-0.2, 0) is 4.79 Å². The summed E-state index contributed by atoms with van der Waals surface area (Å²) in [6.07, 6.45) is 16.0. The number of ether oxygens (including phenoxy) is 2. The molecule has 0 fully saturated rings. The third-order valence-corrected chi connectivity index (χ3v) is 17.6. The number of aromatic hydroxyl groups is 1. The Hall–Kier alpha value is -18.2. The molecule has 0 saturated heterocycles. The monoisotopic (exact) mass is 1600 g/mol. The summed E-state index contributed by atoms with van der Waals surface area (Å²) in [6, 6.07) is 61.6. The number of nitrogens with zero attached hydrogens (tertiary/aromatic N) is 22. The number of nitrogens with one attached hydrogen (secondary N) is 5. The minimum Gasteiger partial charge on any atom is -0.505 e. The molecule has 0 aliphatic heterocycles. The molecule has 121 heavy (non-hydrogen) atoms. The van der Waals surface area contributed by atoms with Crippen molar-refractivity contribution in [2.24, 2.45) is 30.7 Å². The molecular formula is C86H61N27O8. The van der Waals surface area contributed by atoms with E-state index in [0.717, 1.165) is 10.8 Å². The number of phenols is 1. The van der Waals surface area contributed by atoms with Crippen LogP contribution in [0.4, 0.5) is 68.6 Å². The van der Waals surface area contributed by atoms with Gasteiger partial charge in [0.1, 0.15) is 17.1 Å². The summed E-state index contributed by atoms with van der Waals surface area (Å²) in [5, 5.41) is 67.8. The molecule has 0 radical (unpaired) electrons. The number of benzene rings is 9. The SMILES string of the molecule is [C-]#[N+]c1cnn(-c2ccccn2)c1N=Nc1c(O)c(C(=O)Nc2ccccc2)cc2cc(C(=O)NCCCNC=O)ccc12.[C-]#[N+]c1cnn(-c2ncccn2)c1N=Nc1c(OC)c(C(=O)Nc2ccccc2)cc2ccccc12.[C-]#[N+]c1cnn(-c2ncccn2)c1N=Nc1c(Oc2ncccn2)c(C(=O)Nc2ccccc2)cc2ccccc12. The summed E-state index contributed by atoms with van der Waals surface area (Å²) in [5.41, 5.74) is 3.38. The lowest BCUT2D eigenvalue weighted by Crippen LogP contribution is -2.27. The van der Waals surface area contributed by atoms with Gasteiger partial charge in [-0.25, -0.2) is 54.1 Å². The highest BCUT2D eigenvalue weighted by Gasteiger charge is 2.27. The Kier molecular flexibility index (Phi) is 25.0. The number of anilines is 3. The summed E-state index contributed by atoms with van der Waals surface area (Å²) in [5.74, 6) is -0.671. The van der Waals surface area contributed by atoms with Crippen LogP contribution in [0.2, 0.25) is 0 Å². The van der Waals surface area contributed by atoms with Gasteiger partial charge in [-0.1, -0.05) is 115 Å². The van der Waals surface area contributed by atoms with Gasteiger partial charge in [0.25, 0.3) is 52.6 Å². The zero-order valence-corrected chi connectivity index (χ0v) is 63.3. The fourth-order valence-electron chi connectivity index (χ4n) is 11.9. The number of hydrogen-bond acceptors (Lipinski definition) is 24. The van der Waals surface area contributed by atoms with Crippen molar-refractivity contribution < 1.29 is 38.6 Å². The zero-order valence-electron chi connectivity index (χ0n) is 63.3. The van der Waals surface area contributed by atoms with E-state index < -0.39 is 17.6 Å². The van der Waals surface area contributed by atoms with E-state index in [0.29, 0.717) is 87.2 Å². The first-order chi connectivity index (χ1) is 59.4. The second-order valence-electron chi connectivity index (χ2n) is 25.2. The molecule has 35 heteroatoms. The van der Waals surface area contributed by atoms with Crippen LogP contribution < -0.4 is 36.1 Å². The summed E-state index contributed by atoms with van der Waals surface area (Å²) < 4.78 is 15.8. The zero-order chi connectivity index (χ0) is 83.8. The van der Waals surface area contributed by atoms with Gasteiger partial charge in [-0.15, -0.1) is 30.7 Å². The van der Waals surface area contributed by atoms with E-state index in [2.05, 4.69) is 122 Å². The van der Waals surface area contributed by atoms with Gasteiger partial charge < -0.3 is 41.2 Å². The van der Waals surface area contributed by atoms with E-state index in [9.17, 15) is 29.1 Å². The number of hydrogen-bond donors (Lipinski definition) is 6. The molecule has 0 spiro atoms. The molecule has 0 atom stereocenters. The Morgan fingerprint density at radius 1 is 0.430 bits per heavy atom. The number of fused-ring (bicyclic) bond motifs is 3. The molecule has 0 aliphatic carbocycles. The summed E-state index contributed by atoms with van der Waals surface area (Å²) in [7, 11) is 1.47. The topological polar surface area (TPSA) is 415 Å². The van der Waals surface area contributed by atoms with Gasteiger partial charge in [0.05, 0.1) is 62.1 Å². The maximum Gasteiger partial charge on any atom is 0.321 e. The third-order valence-electron chi connectivity index (χ3n) is 17.6. The average Bonchev–Trinajstić information content (AvgIpc) is 1.14. The van der Waals surface area contributed by atoms with Gasteiger partial charge in [0, 0.05) is 95.3 Å². The number of phenolic OH excluding ortho intramolecular Hbond substituents is 1. The van der Waals surface area contributed by atoms with Gasteiger partial charge in [-0.2, -0.15) is 24.7 Å². The molecule has 0 bridgehead atoms. The van der Waals surface area contributed by atoms with Gasteiger partial charge in [-0.05, 0) is 120 Å². The molecule has 6 N–H and O–H groups in total. The Morgan fingerprint density at radius 2 is 0.851 bits per heavy atom. The standard InChI is InChI=1S/C31H25N9O4.C29H18N10O2.C26H18N8O2/c1-32-25-18-36-40(26-10-5-6-14-34-26)29(25)39-38-27-23-12-11-20(30(43)35-15-7-13-33-19-41)16-21(23)17-24(28(27)42)31(44)37-22-8-3-2-4-9-22;1-30-23-18-35-39(28-31-13-7-14-32-28)26(23)38-37-24-21-12-6-5-9-19(21)17-22(25(24)41-29-33-15-8-16-34-29)27(40)36-20-10-3-2-4-11-20;1-27-21-16-30-34(26-28-13-8-14-29-26)24(21)33-32-22-19-12-7-6-9-17(19)15-20(23(22)36-2)25(35)31-18-10-4-3-5-11-18/h2-6,8-12,14,16-19,42H,7,13,15H2,(H,33,41)(H,35,43)(H,37,44);2-18H,(H,36,40);3-16H,2H3,(H,31,35). The van der Waals surface area contributed by atoms with Crippen LogP contribution in [0.15, 0.2) is 305 Å². The summed E-state index contributed by atoms with van der Waals surface area (Å²) in [4.78, 5) is 103. The van der Waals surface area contributed by atoms with E-state index in [1.54, 1.807) is 152 Å². The van der Waals surface area contributed by atoms with Crippen molar-refractivity contribution in [3.8, 4) is 41.0 Å². The van der Waals surface area contributed by atoms with Crippen molar-refractivity contribution in [2.45, 2.75) is 6.42 Å². The highest BCUT2D eigenvalue weighted by Crippen LogP contribution is 2.46. The molecule has 0 unspecified atom stereocenters. The van der Waals surface area contributed by atoms with Crippen LogP contribution in [0.5, 0.6) is 23.3 Å². The highest BCUT2D eigenvalue weighted by atomic mass is 16.5. The molecule has 7 heterocycles. The van der Waals surface area contributed by atoms with Crippen LogP contribution in [0.1, 0.15) is 47.9 Å². The van der Waals surface area contributed by atoms with E-state index in [4.69, 9.17) is 29.2 Å². The molecule has 9 aromatic carbocycles. The van der Waals surface area contributed by atoms with E-state index in [1.807, 2.05) is 84.9 Å². The molecule has 588 valence electrons. The lowest BCUT2D eigenvalue weighted by Gasteiger charge is -2.15. The quantitative estimate of drug-likeness (QED) is 0.0142. The van der Waals surface area contributed by atoms with Crippen molar-refractivity contribution >= 4 is 131 Å². The molecule has 0 saturated carbocycles. The van der Waals surface area contributed by atoms with E-state index >= 15 is 0 Å². The number of amides is 5. The maximum absolute atomic E-state index is 13.6. The summed E-state index contributed by atoms with van der Waals surface area (Å²) >= 11 is 0. The maximum atomic E-state index is 13.6. The largest absolute Gasteiger partial charge is 0.505 e. The molecular weight excluding hydrogens is 1540 g/mol. The number of para-hydroxylation sites is 3. The number of pyridine rings is 1. The summed E-state index contributed by atoms with van der Waals surface area (Å²) in [6.45, 7) is 23.4. The first-order valence-corrected chi connectivity index (χ1v) is 36.4. The number of carbonyl (C=O) groups excluding carboxylic acids is 5. The van der Waals surface area contributed by atoms with E-state index in [1.165, 1.54) is 58.2 Å². The predicted octanol–water partition coefficient (Wildman–Crippen LogP) is 17.9. The molecule has 16 rings (SSSR count). The lowest BCUT2D eigenvalue weighted by molar-refractivity contribution is -0.109. The van der Waals surface area contributed by atoms with Gasteiger partial charge in [0.15, 0.2) is 40.5 Å². The molecule has 35 nitrogen and oxygen atoms in total. The van der Waals surface area contributed by atoms with Crippen molar-refractivity contribution in [3.63, 3.8) is 0 Å². The number of aromatic nitrogens is 13. The minimum atomic E-state index is -0.607. The van der Waals surface area contributed by atoms with Crippen LogP contribution in [0.25, 0.3) is 64.6 Å². The number of rotatable bonds is 24. The van der Waals surface area contributed by atoms with Crippen molar-refractivity contribution in [1.82, 2.24) is 74.9 Å². The number of carbonyl (C=O) groups is 5. The first-order valence-electron chi connectivity index (χ1n) is 36.4. The normalized spacial score (nSPS) is 10.9. The van der Waals surface area contributed by atoms with Gasteiger partial charge in [0.2, 0.25) is 6.41 Å². The lowest BCUT2D eigenvalue weighted by atomic mass is 10.0. The molecule has 5 amide bonds. The number of azo groups is 3. The van der Waals surface area contributed by atoms with Crippen LogP contribution in [0, 0.1) is 19.7 Å². The van der Waals surface area contributed by atoms with Crippen molar-refractivity contribution in [1.29, 1.82) is 0 Å². The number of methoxy groups -OCH3 is 1. The van der Waals surface area contributed by atoms with Crippen molar-refractivity contribution in [3.05, 3.63) is 331 Å². The fourth-order valence-corrected chi connectivity index (χ4v) is 11.9. The van der Waals surface area contributed by atoms with Crippen LogP contribution >= 0.6 is 0 Å². The Labute approximate surface area is 686 Å². The van der Waals surface area contributed by atoms with Gasteiger partial charge >= 0.3 is 6.01 Å². The van der Waals surface area contributed by atoms with Crippen LogP contribution in [-0.4, -0.2) is 120 Å². The Bertz CT molecular complexity index is 6720. The third kappa shape index (κ3) is 18.5. The van der Waals surface area contributed by atoms with Gasteiger partial charge in [-0.3, -0.25) is 24.0 Å². The highest BCUT2D eigenvalue weighted by molar-refractivity contribution is 6.15. The first kappa shape index (κ1) is 79.4. The smallest absolute Gasteiger partial charge is 0.321 e. The fraction of sp³-hybridized carbons (Fsp3) is 0.0465.